The Bertz CT molecular complexity index is 508. The molecule has 0 aromatic heterocycles. The summed E-state index contributed by atoms with van der Waals surface area (Å²) >= 11 is 0. The number of carbonyl (C=O) groups is 1. The third-order valence-electron chi connectivity index (χ3n) is 3.48. The zero-order chi connectivity index (χ0) is 16.4. The van der Waals surface area contributed by atoms with Gasteiger partial charge in [-0.1, -0.05) is 18.2 Å². The fraction of sp³-hybridized carbons (Fsp3) is 0.588. The summed E-state index contributed by atoms with van der Waals surface area (Å²) in [5, 5.41) is 3.34. The Morgan fingerprint density at radius 1 is 1.36 bits per heavy atom. The summed E-state index contributed by atoms with van der Waals surface area (Å²) in [6, 6.07) is 9.86. The van der Waals surface area contributed by atoms with Gasteiger partial charge in [0.1, 0.15) is 11.3 Å². The normalized spacial score (nSPS) is 20.8. The number of anilines is 1. The van der Waals surface area contributed by atoms with Gasteiger partial charge in [0.05, 0.1) is 12.6 Å². The summed E-state index contributed by atoms with van der Waals surface area (Å²) in [5.41, 5.74) is -0.158. The first-order valence-electron chi connectivity index (χ1n) is 7.64. The van der Waals surface area contributed by atoms with Gasteiger partial charge in [0.15, 0.2) is 0 Å². The Hall–Kier alpha value is -1.75. The molecule has 1 fully saturated rings. The molecule has 0 spiro atoms. The lowest BCUT2D eigenvalue weighted by molar-refractivity contribution is -0.0620. The van der Waals surface area contributed by atoms with Gasteiger partial charge in [-0.25, -0.2) is 4.79 Å². The highest BCUT2D eigenvalue weighted by molar-refractivity contribution is 5.70. The van der Waals surface area contributed by atoms with Gasteiger partial charge in [0.25, 0.3) is 0 Å². The first-order valence-corrected chi connectivity index (χ1v) is 7.64. The van der Waals surface area contributed by atoms with Crippen molar-refractivity contribution in [1.82, 2.24) is 4.90 Å². The van der Waals surface area contributed by atoms with Gasteiger partial charge in [-0.05, 0) is 46.8 Å². The largest absolute Gasteiger partial charge is 0.444 e. The van der Waals surface area contributed by atoms with Crippen LogP contribution in [0.25, 0.3) is 0 Å². The quantitative estimate of drug-likeness (QED) is 0.929. The van der Waals surface area contributed by atoms with Crippen LogP contribution in [-0.2, 0) is 9.47 Å². The van der Waals surface area contributed by atoms with Crippen LogP contribution in [0.5, 0.6) is 0 Å². The number of benzene rings is 1. The average Bonchev–Trinajstić information content (AvgIpc) is 2.71. The lowest BCUT2D eigenvalue weighted by Crippen LogP contribution is -2.51. The molecule has 0 aliphatic carbocycles. The molecule has 1 atom stereocenters. The summed E-state index contributed by atoms with van der Waals surface area (Å²) in [7, 11) is 0. The first kappa shape index (κ1) is 16.6. The van der Waals surface area contributed by atoms with E-state index in [4.69, 9.17) is 9.47 Å². The number of para-hydroxylation sites is 1. The molecule has 122 valence electrons. The highest BCUT2D eigenvalue weighted by atomic mass is 16.6. The van der Waals surface area contributed by atoms with Crippen LogP contribution in [0, 0.1) is 0 Å². The van der Waals surface area contributed by atoms with E-state index < -0.39 is 11.3 Å². The van der Waals surface area contributed by atoms with Crippen molar-refractivity contribution >= 4 is 11.8 Å². The van der Waals surface area contributed by atoms with E-state index >= 15 is 0 Å². The number of hydrogen-bond donors (Lipinski definition) is 1. The number of nitrogens with zero attached hydrogens (tertiary/aromatic N) is 1. The van der Waals surface area contributed by atoms with Crippen LogP contribution in [-0.4, -0.2) is 41.5 Å². The van der Waals surface area contributed by atoms with E-state index in [0.717, 1.165) is 5.69 Å². The number of hydrogen-bond acceptors (Lipinski definition) is 4. The van der Waals surface area contributed by atoms with Crippen LogP contribution < -0.4 is 5.32 Å². The number of carbonyl (C=O) groups excluding carboxylic acids is 1. The van der Waals surface area contributed by atoms with Crippen molar-refractivity contribution in [3.63, 3.8) is 0 Å². The minimum Gasteiger partial charge on any atom is -0.444 e. The third kappa shape index (κ3) is 4.13. The summed E-state index contributed by atoms with van der Waals surface area (Å²) < 4.78 is 11.3. The van der Waals surface area contributed by atoms with E-state index in [1.807, 2.05) is 65.0 Å². The molecule has 0 radical (unpaired) electrons. The smallest absolute Gasteiger partial charge is 0.412 e. The van der Waals surface area contributed by atoms with E-state index in [1.165, 1.54) is 0 Å². The van der Waals surface area contributed by atoms with Crippen molar-refractivity contribution in [2.75, 3.05) is 18.5 Å². The Balaban J connectivity index is 2.04. The molecular formula is C17H26N2O3. The predicted octanol–water partition coefficient (Wildman–Crippen LogP) is 3.47. The van der Waals surface area contributed by atoms with Gasteiger partial charge in [0.2, 0.25) is 0 Å². The highest BCUT2D eigenvalue weighted by Gasteiger charge is 2.45. The second kappa shape index (κ2) is 6.16. The van der Waals surface area contributed by atoms with Crippen molar-refractivity contribution in [2.45, 2.75) is 52.0 Å². The standard InChI is InChI=1S/C17H26N2O3/c1-16(2,3)22-15(20)19-14(12-21-17(19,4)5)11-18-13-9-7-6-8-10-13/h6-10,14,18H,11-12H2,1-5H3. The zero-order valence-corrected chi connectivity index (χ0v) is 14.1. The van der Waals surface area contributed by atoms with Crippen LogP contribution in [0.3, 0.4) is 0 Å². The lowest BCUT2D eigenvalue weighted by Gasteiger charge is -2.35. The minimum atomic E-state index is -0.661. The maximum atomic E-state index is 12.5. The number of ether oxygens (including phenoxy) is 2. The predicted molar refractivity (Wildman–Crippen MR) is 86.8 cm³/mol. The van der Waals surface area contributed by atoms with Crippen LogP contribution in [0.2, 0.25) is 0 Å². The first-order chi connectivity index (χ1) is 10.2. The Kier molecular flexibility index (Phi) is 4.66. The van der Waals surface area contributed by atoms with Crippen LogP contribution in [0.4, 0.5) is 10.5 Å². The highest BCUT2D eigenvalue weighted by Crippen LogP contribution is 2.29. The van der Waals surface area contributed by atoms with E-state index in [0.29, 0.717) is 13.2 Å². The molecule has 5 heteroatoms. The Morgan fingerprint density at radius 3 is 2.59 bits per heavy atom. The van der Waals surface area contributed by atoms with Gasteiger partial charge in [-0.2, -0.15) is 0 Å². The second-order valence-electron chi connectivity index (χ2n) is 7.01. The second-order valence-corrected chi connectivity index (χ2v) is 7.01. The number of rotatable bonds is 3. The molecule has 22 heavy (non-hydrogen) atoms. The minimum absolute atomic E-state index is 0.0648. The van der Waals surface area contributed by atoms with Gasteiger partial charge < -0.3 is 14.8 Å². The van der Waals surface area contributed by atoms with Gasteiger partial charge >= 0.3 is 6.09 Å². The Morgan fingerprint density at radius 2 is 2.00 bits per heavy atom. The summed E-state index contributed by atoms with van der Waals surface area (Å²) in [6.45, 7) is 10.5. The van der Waals surface area contributed by atoms with Crippen molar-refractivity contribution in [1.29, 1.82) is 0 Å². The fourth-order valence-corrected chi connectivity index (χ4v) is 2.51. The van der Waals surface area contributed by atoms with E-state index in [-0.39, 0.29) is 12.1 Å². The van der Waals surface area contributed by atoms with E-state index in [1.54, 1.807) is 4.90 Å². The van der Waals surface area contributed by atoms with E-state index in [9.17, 15) is 4.79 Å². The molecule has 0 bridgehead atoms. The monoisotopic (exact) mass is 306 g/mol. The fourth-order valence-electron chi connectivity index (χ4n) is 2.51. The molecule has 1 unspecified atom stereocenters. The molecule has 5 nitrogen and oxygen atoms in total. The lowest BCUT2D eigenvalue weighted by atomic mass is 10.2. The molecule has 1 aliphatic heterocycles. The number of amides is 1. The van der Waals surface area contributed by atoms with Crippen LogP contribution in [0.1, 0.15) is 34.6 Å². The topological polar surface area (TPSA) is 50.8 Å². The van der Waals surface area contributed by atoms with Crippen molar-refractivity contribution in [3.05, 3.63) is 30.3 Å². The molecule has 2 rings (SSSR count). The number of nitrogens with one attached hydrogen (secondary N) is 1. The molecule has 1 aliphatic rings. The van der Waals surface area contributed by atoms with Crippen molar-refractivity contribution in [2.24, 2.45) is 0 Å². The molecule has 1 heterocycles. The average molecular weight is 306 g/mol. The molecule has 1 aromatic carbocycles. The summed E-state index contributed by atoms with van der Waals surface area (Å²) in [5.74, 6) is 0. The maximum Gasteiger partial charge on any atom is 0.412 e. The Labute approximate surface area is 132 Å². The van der Waals surface area contributed by atoms with Gasteiger partial charge in [0, 0.05) is 12.2 Å². The summed E-state index contributed by atoms with van der Waals surface area (Å²) in [4.78, 5) is 14.2. The van der Waals surface area contributed by atoms with Gasteiger partial charge in [-0.15, -0.1) is 0 Å². The zero-order valence-electron chi connectivity index (χ0n) is 14.1. The van der Waals surface area contributed by atoms with Crippen molar-refractivity contribution < 1.29 is 14.3 Å². The van der Waals surface area contributed by atoms with E-state index in [2.05, 4.69) is 5.32 Å². The van der Waals surface area contributed by atoms with Crippen LogP contribution >= 0.6 is 0 Å². The molecule has 1 aromatic rings. The SMILES string of the molecule is CC(C)(C)OC(=O)N1C(CNc2ccccc2)COC1(C)C. The molecule has 1 amide bonds. The molecule has 1 saturated heterocycles. The third-order valence-corrected chi connectivity index (χ3v) is 3.48. The van der Waals surface area contributed by atoms with Gasteiger partial charge in [-0.3, -0.25) is 4.90 Å². The van der Waals surface area contributed by atoms with Crippen molar-refractivity contribution in [3.8, 4) is 0 Å². The molecule has 0 saturated carbocycles. The molecular weight excluding hydrogens is 280 g/mol. The maximum absolute atomic E-state index is 12.5. The molecule has 1 N–H and O–H groups in total. The summed E-state index contributed by atoms with van der Waals surface area (Å²) in [6.07, 6.45) is -0.338. The van der Waals surface area contributed by atoms with Crippen LogP contribution in [0.15, 0.2) is 30.3 Å².